The van der Waals surface area contributed by atoms with Crippen LogP contribution in [0.4, 0.5) is 0 Å². The number of methoxy groups -OCH3 is 1. The highest BCUT2D eigenvalue weighted by Gasteiger charge is 2.18. The van der Waals surface area contributed by atoms with Crippen LogP contribution in [0.2, 0.25) is 0 Å². The molecule has 0 radical (unpaired) electrons. The molecule has 4 nitrogen and oxygen atoms in total. The summed E-state index contributed by atoms with van der Waals surface area (Å²) in [7, 11) is 2.69. The van der Waals surface area contributed by atoms with Crippen molar-refractivity contribution in [2.75, 3.05) is 7.11 Å². The molecule has 0 heterocycles. The molecule has 0 aliphatic carbocycles. The Balaban J connectivity index is 3.00. The van der Waals surface area contributed by atoms with Crippen molar-refractivity contribution in [2.24, 2.45) is 0 Å². The molecule has 0 amide bonds. The number of alkyl halides is 1. The minimum Gasteiger partial charge on any atom is -0.468 e. The van der Waals surface area contributed by atoms with Crippen LogP contribution in [0.5, 0.6) is 0 Å². The Labute approximate surface area is 106 Å². The second kappa shape index (κ2) is 5.16. The molecule has 0 aromatic heterocycles. The first-order valence-corrected chi connectivity index (χ1v) is 7.35. The van der Waals surface area contributed by atoms with Crippen LogP contribution in [-0.4, -0.2) is 21.5 Å². The van der Waals surface area contributed by atoms with Crippen molar-refractivity contribution >= 4 is 41.6 Å². The number of rotatable bonds is 3. The molecular weight excluding hydrogens is 320 g/mol. The molecule has 88 valence electrons. The molecule has 1 aromatic rings. The van der Waals surface area contributed by atoms with Gasteiger partial charge in [0.2, 0.25) is 0 Å². The highest BCUT2D eigenvalue weighted by atomic mass is 79.9. The Bertz CT molecular complexity index is 483. The smallest absolute Gasteiger partial charge is 0.323 e. The van der Waals surface area contributed by atoms with Crippen molar-refractivity contribution in [3.8, 4) is 0 Å². The molecule has 1 unspecified atom stereocenters. The predicted molar refractivity (Wildman–Crippen MR) is 63.2 cm³/mol. The van der Waals surface area contributed by atoms with Gasteiger partial charge >= 0.3 is 5.97 Å². The predicted octanol–water partition coefficient (Wildman–Crippen LogP) is 2.22. The Morgan fingerprint density at radius 1 is 1.38 bits per heavy atom. The Morgan fingerprint density at radius 2 is 1.88 bits per heavy atom. The van der Waals surface area contributed by atoms with Gasteiger partial charge in [-0.3, -0.25) is 4.79 Å². The Morgan fingerprint density at radius 3 is 2.25 bits per heavy atom. The summed E-state index contributed by atoms with van der Waals surface area (Å²) in [6.07, 6.45) is 0. The molecule has 0 bridgehead atoms. The van der Waals surface area contributed by atoms with Crippen molar-refractivity contribution < 1.29 is 17.9 Å². The second-order valence-electron chi connectivity index (χ2n) is 2.89. The average Bonchev–Trinajstić information content (AvgIpc) is 2.26. The molecule has 1 aromatic carbocycles. The zero-order valence-corrected chi connectivity index (χ0v) is 11.3. The average molecular weight is 328 g/mol. The summed E-state index contributed by atoms with van der Waals surface area (Å²) in [5, 5.41) is 0. The van der Waals surface area contributed by atoms with E-state index in [-0.39, 0.29) is 4.90 Å². The summed E-state index contributed by atoms with van der Waals surface area (Å²) >= 11 is 3.13. The van der Waals surface area contributed by atoms with Crippen LogP contribution < -0.4 is 0 Å². The number of carbonyl (C=O) groups excluding carboxylic acids is 1. The first kappa shape index (κ1) is 13.5. The first-order valence-electron chi connectivity index (χ1n) is 4.13. The lowest BCUT2D eigenvalue weighted by Gasteiger charge is -2.07. The number of esters is 1. The summed E-state index contributed by atoms with van der Waals surface area (Å²) in [5.41, 5.74) is 0.593. The molecule has 7 heteroatoms. The number of halogens is 2. The van der Waals surface area contributed by atoms with Gasteiger partial charge in [0.1, 0.15) is 4.83 Å². The van der Waals surface area contributed by atoms with Crippen LogP contribution >= 0.6 is 26.6 Å². The minimum absolute atomic E-state index is 0.0116. The van der Waals surface area contributed by atoms with Gasteiger partial charge in [-0.15, -0.1) is 0 Å². The number of ether oxygens (including phenoxy) is 1. The van der Waals surface area contributed by atoms with Gasteiger partial charge in [0.25, 0.3) is 9.05 Å². The van der Waals surface area contributed by atoms with Crippen molar-refractivity contribution in [2.45, 2.75) is 9.72 Å². The topological polar surface area (TPSA) is 60.4 Å². The molecular formula is C9H8BrClO4S. The third-order valence-electron chi connectivity index (χ3n) is 1.86. The maximum absolute atomic E-state index is 11.2. The lowest BCUT2D eigenvalue weighted by molar-refractivity contribution is -0.139. The molecule has 1 atom stereocenters. The van der Waals surface area contributed by atoms with Gasteiger partial charge in [0, 0.05) is 10.7 Å². The standard InChI is InChI=1S/C9H8BrClO4S/c1-15-9(12)8(10)6-2-4-7(5-3-6)16(11,13)14/h2-5,8H,1H3. The van der Waals surface area contributed by atoms with Gasteiger partial charge in [-0.1, -0.05) is 28.1 Å². The van der Waals surface area contributed by atoms with Crippen LogP contribution in [0.3, 0.4) is 0 Å². The van der Waals surface area contributed by atoms with Crippen molar-refractivity contribution in [1.29, 1.82) is 0 Å². The monoisotopic (exact) mass is 326 g/mol. The van der Waals surface area contributed by atoms with Gasteiger partial charge in [0.15, 0.2) is 0 Å². The van der Waals surface area contributed by atoms with E-state index in [0.717, 1.165) is 0 Å². The Hall–Kier alpha value is -0.590. The zero-order chi connectivity index (χ0) is 12.3. The molecule has 0 saturated carbocycles. The van der Waals surface area contributed by atoms with Gasteiger partial charge < -0.3 is 4.74 Å². The van der Waals surface area contributed by atoms with E-state index in [1.807, 2.05) is 0 Å². The maximum atomic E-state index is 11.2. The van der Waals surface area contributed by atoms with Crippen molar-refractivity contribution in [1.82, 2.24) is 0 Å². The van der Waals surface area contributed by atoms with Gasteiger partial charge in [-0.25, -0.2) is 8.42 Å². The lowest BCUT2D eigenvalue weighted by Crippen LogP contribution is -2.08. The van der Waals surface area contributed by atoms with E-state index in [2.05, 4.69) is 20.7 Å². The summed E-state index contributed by atoms with van der Waals surface area (Å²) in [6, 6.07) is 5.64. The van der Waals surface area contributed by atoms with Crippen LogP contribution in [-0.2, 0) is 18.6 Å². The highest BCUT2D eigenvalue weighted by molar-refractivity contribution is 9.09. The van der Waals surface area contributed by atoms with E-state index >= 15 is 0 Å². The third kappa shape index (κ3) is 3.20. The quantitative estimate of drug-likeness (QED) is 0.485. The highest BCUT2D eigenvalue weighted by Crippen LogP contribution is 2.25. The van der Waals surface area contributed by atoms with E-state index in [0.29, 0.717) is 5.56 Å². The SMILES string of the molecule is COC(=O)C(Br)c1ccc(S(=O)(=O)Cl)cc1. The molecule has 0 fully saturated rings. The summed E-state index contributed by atoms with van der Waals surface area (Å²) in [6.45, 7) is 0. The van der Waals surface area contributed by atoms with Crippen molar-refractivity contribution in [3.63, 3.8) is 0 Å². The maximum Gasteiger partial charge on any atom is 0.323 e. The summed E-state index contributed by atoms with van der Waals surface area (Å²) < 4.78 is 26.5. The van der Waals surface area contributed by atoms with E-state index in [1.165, 1.54) is 31.4 Å². The van der Waals surface area contributed by atoms with Crippen LogP contribution in [0, 0.1) is 0 Å². The second-order valence-corrected chi connectivity index (χ2v) is 6.37. The first-order chi connectivity index (χ1) is 7.36. The molecule has 16 heavy (non-hydrogen) atoms. The largest absolute Gasteiger partial charge is 0.468 e. The lowest BCUT2D eigenvalue weighted by atomic mass is 10.1. The molecule has 0 aliphatic heterocycles. The van der Waals surface area contributed by atoms with Crippen molar-refractivity contribution in [3.05, 3.63) is 29.8 Å². The van der Waals surface area contributed by atoms with Gasteiger partial charge in [-0.2, -0.15) is 0 Å². The van der Waals surface area contributed by atoms with Crippen LogP contribution in [0.25, 0.3) is 0 Å². The van der Waals surface area contributed by atoms with E-state index in [4.69, 9.17) is 10.7 Å². The molecule has 0 aliphatic rings. The zero-order valence-electron chi connectivity index (χ0n) is 8.18. The molecule has 0 saturated heterocycles. The molecule has 0 N–H and O–H groups in total. The molecule has 0 spiro atoms. The fourth-order valence-corrected chi connectivity index (χ4v) is 2.30. The van der Waals surface area contributed by atoms with E-state index in [1.54, 1.807) is 0 Å². The third-order valence-corrected chi connectivity index (χ3v) is 4.13. The normalized spacial score (nSPS) is 13.2. The number of benzene rings is 1. The summed E-state index contributed by atoms with van der Waals surface area (Å²) in [4.78, 5) is 10.5. The van der Waals surface area contributed by atoms with Crippen LogP contribution in [0.1, 0.15) is 10.4 Å². The fourth-order valence-electron chi connectivity index (χ4n) is 1.04. The van der Waals surface area contributed by atoms with Gasteiger partial charge in [0.05, 0.1) is 12.0 Å². The molecule has 1 rings (SSSR count). The van der Waals surface area contributed by atoms with Crippen LogP contribution in [0.15, 0.2) is 29.2 Å². The minimum atomic E-state index is -3.73. The van der Waals surface area contributed by atoms with Gasteiger partial charge in [-0.05, 0) is 17.7 Å². The number of hydrogen-bond donors (Lipinski definition) is 0. The number of carbonyl (C=O) groups is 1. The Kier molecular flexibility index (Phi) is 4.35. The number of hydrogen-bond acceptors (Lipinski definition) is 4. The van der Waals surface area contributed by atoms with E-state index in [9.17, 15) is 13.2 Å². The van der Waals surface area contributed by atoms with E-state index < -0.39 is 19.8 Å². The summed E-state index contributed by atoms with van der Waals surface area (Å²) in [5.74, 6) is -0.457. The fraction of sp³-hybridized carbons (Fsp3) is 0.222.